The number of anilines is 1. The van der Waals surface area contributed by atoms with Crippen LogP contribution in [-0.2, 0) is 14.8 Å². The number of ketones is 3. The summed E-state index contributed by atoms with van der Waals surface area (Å²) in [7, 11) is -4.35. The summed E-state index contributed by atoms with van der Waals surface area (Å²) in [5.41, 5.74) is -1.21. The van der Waals surface area contributed by atoms with Crippen LogP contribution in [0.1, 0.15) is 38.8 Å². The van der Waals surface area contributed by atoms with Gasteiger partial charge >= 0.3 is 0 Å². The first-order valence-corrected chi connectivity index (χ1v) is 15.3. The maximum absolute atomic E-state index is 15.5. The molecule has 8 nitrogen and oxygen atoms in total. The molecule has 5 rings (SSSR count). The van der Waals surface area contributed by atoms with Crippen molar-refractivity contribution in [2.24, 2.45) is 0 Å². The number of carbonyl (C=O) groups is 3. The number of benzene rings is 3. The summed E-state index contributed by atoms with van der Waals surface area (Å²) < 4.78 is 56.7. The molecule has 0 radical (unpaired) electrons. The average molecular weight is 677 g/mol. The van der Waals surface area contributed by atoms with Gasteiger partial charge in [-0.3, -0.25) is 19.1 Å². The maximum Gasteiger partial charge on any atom is 0.239 e. The van der Waals surface area contributed by atoms with Crippen molar-refractivity contribution in [3.8, 4) is 11.1 Å². The summed E-state index contributed by atoms with van der Waals surface area (Å²) in [5.74, 6) is -6.42. The number of nitrogens with one attached hydrogen (secondary N) is 2. The van der Waals surface area contributed by atoms with Gasteiger partial charge in [0.2, 0.25) is 15.8 Å². The van der Waals surface area contributed by atoms with Crippen molar-refractivity contribution in [1.29, 1.82) is 0 Å². The Labute approximate surface area is 264 Å². The van der Waals surface area contributed by atoms with Crippen LogP contribution < -0.4 is 4.72 Å². The quantitative estimate of drug-likeness (QED) is 0.158. The average Bonchev–Trinajstić information content (AvgIpc) is 3.39. The first-order valence-electron chi connectivity index (χ1n) is 12.6. The van der Waals surface area contributed by atoms with Crippen LogP contribution in [0, 0.1) is 11.6 Å². The van der Waals surface area contributed by atoms with Crippen molar-refractivity contribution in [3.63, 3.8) is 0 Å². The molecule has 0 aliphatic rings. The molecule has 224 valence electrons. The second kappa shape index (κ2) is 12.1. The lowest BCUT2D eigenvalue weighted by Gasteiger charge is -2.13. The van der Waals surface area contributed by atoms with Gasteiger partial charge in [-0.1, -0.05) is 53.0 Å². The standard InChI is InChI=1S/C30H18Cl3F2N3O5S/c1-14(39)13-44(42,43)38-22-9-8-21(34)25(27(22)35)29(41)19-12-37-30-23(19)18(10-11-36-30)28(40)24-20(32)7-6-17(26(24)33)15-2-4-16(31)5-3-15/h2-12,38H,13H2,1H3,(H,36,37). The smallest absolute Gasteiger partial charge is 0.239 e. The number of aromatic nitrogens is 2. The third-order valence-corrected chi connectivity index (χ3v) is 8.79. The van der Waals surface area contributed by atoms with Crippen LogP contribution in [0.2, 0.25) is 15.1 Å². The highest BCUT2D eigenvalue weighted by Gasteiger charge is 2.29. The topological polar surface area (TPSA) is 126 Å². The van der Waals surface area contributed by atoms with E-state index in [1.54, 1.807) is 30.3 Å². The maximum atomic E-state index is 15.5. The van der Waals surface area contributed by atoms with E-state index in [-0.39, 0.29) is 37.8 Å². The predicted molar refractivity (Wildman–Crippen MR) is 164 cm³/mol. The Balaban J connectivity index is 1.62. The molecule has 0 saturated carbocycles. The number of sulfonamides is 1. The number of hydrogen-bond acceptors (Lipinski definition) is 6. The first-order chi connectivity index (χ1) is 20.8. The molecule has 0 fully saturated rings. The van der Waals surface area contributed by atoms with Gasteiger partial charge < -0.3 is 4.98 Å². The summed E-state index contributed by atoms with van der Waals surface area (Å²) in [5, 5.41) is 0.438. The minimum absolute atomic E-state index is 0.00808. The van der Waals surface area contributed by atoms with E-state index in [1.165, 1.54) is 18.3 Å². The highest BCUT2D eigenvalue weighted by Crippen LogP contribution is 2.38. The molecule has 0 spiro atoms. The van der Waals surface area contributed by atoms with Gasteiger partial charge in [-0.05, 0) is 48.9 Å². The fourth-order valence-corrected chi connectivity index (χ4v) is 6.50. The van der Waals surface area contributed by atoms with E-state index >= 15 is 4.39 Å². The van der Waals surface area contributed by atoms with E-state index in [1.807, 2.05) is 4.72 Å². The molecule has 0 aliphatic carbocycles. The first kappa shape index (κ1) is 31.3. The van der Waals surface area contributed by atoms with E-state index < -0.39 is 56.0 Å². The summed E-state index contributed by atoms with van der Waals surface area (Å²) >= 11 is 19.1. The number of pyridine rings is 1. The lowest BCUT2D eigenvalue weighted by molar-refractivity contribution is -0.114. The number of rotatable bonds is 9. The van der Waals surface area contributed by atoms with Crippen molar-refractivity contribution in [2.45, 2.75) is 6.92 Å². The van der Waals surface area contributed by atoms with Gasteiger partial charge in [0.1, 0.15) is 23.0 Å². The highest BCUT2D eigenvalue weighted by molar-refractivity contribution is 7.93. The van der Waals surface area contributed by atoms with Gasteiger partial charge in [-0.2, -0.15) is 0 Å². The van der Waals surface area contributed by atoms with Crippen LogP contribution in [0.15, 0.2) is 67.0 Å². The molecule has 44 heavy (non-hydrogen) atoms. The van der Waals surface area contributed by atoms with Gasteiger partial charge in [-0.25, -0.2) is 22.2 Å². The monoisotopic (exact) mass is 675 g/mol. The number of fused-ring (bicyclic) bond motifs is 1. The number of nitrogens with zero attached hydrogens (tertiary/aromatic N) is 1. The zero-order chi connectivity index (χ0) is 31.9. The Morgan fingerprint density at radius 3 is 2.25 bits per heavy atom. The molecule has 0 unspecified atom stereocenters. The van der Waals surface area contributed by atoms with E-state index in [0.29, 0.717) is 22.2 Å². The Morgan fingerprint density at radius 2 is 1.57 bits per heavy atom. The summed E-state index contributed by atoms with van der Waals surface area (Å²) in [4.78, 5) is 45.8. The molecular weight excluding hydrogens is 659 g/mol. The number of hydrogen-bond donors (Lipinski definition) is 2. The molecule has 3 aromatic carbocycles. The van der Waals surface area contributed by atoms with Crippen molar-refractivity contribution in [2.75, 3.05) is 10.5 Å². The van der Waals surface area contributed by atoms with E-state index in [0.717, 1.165) is 19.2 Å². The van der Waals surface area contributed by atoms with Crippen molar-refractivity contribution < 1.29 is 31.6 Å². The summed E-state index contributed by atoms with van der Waals surface area (Å²) in [6.07, 6.45) is 2.41. The fraction of sp³-hybridized carbons (Fsp3) is 0.0667. The molecule has 0 saturated heterocycles. The van der Waals surface area contributed by atoms with Crippen molar-refractivity contribution in [1.82, 2.24) is 9.97 Å². The number of halogens is 5. The van der Waals surface area contributed by atoms with Gasteiger partial charge in [0.15, 0.2) is 11.6 Å². The molecule has 0 amide bonds. The van der Waals surface area contributed by atoms with Crippen LogP contribution in [0.4, 0.5) is 14.5 Å². The lowest BCUT2D eigenvalue weighted by atomic mass is 9.94. The molecule has 0 aliphatic heterocycles. The minimum Gasteiger partial charge on any atom is -0.345 e. The zero-order valence-corrected chi connectivity index (χ0v) is 25.4. The molecule has 5 aromatic rings. The Kier molecular flexibility index (Phi) is 8.59. The lowest BCUT2D eigenvalue weighted by Crippen LogP contribution is -2.22. The molecule has 2 heterocycles. The minimum atomic E-state index is -4.35. The van der Waals surface area contributed by atoms with Gasteiger partial charge in [0.05, 0.1) is 32.4 Å². The fourth-order valence-electron chi connectivity index (χ4n) is 4.62. The molecule has 0 bridgehead atoms. The molecule has 14 heteroatoms. The summed E-state index contributed by atoms with van der Waals surface area (Å²) in [6.45, 7) is 1.02. The molecular formula is C30H18Cl3F2N3O5S. The van der Waals surface area contributed by atoms with Crippen molar-refractivity contribution >= 4 is 78.9 Å². The SMILES string of the molecule is CC(=O)CS(=O)(=O)Nc1ccc(F)c(C(=O)c2c[nH]c3nccc(C(=O)c4c(Cl)ccc(-c5ccc(Cl)cc5)c4Cl)c23)c1F. The van der Waals surface area contributed by atoms with Gasteiger partial charge in [0, 0.05) is 33.9 Å². The van der Waals surface area contributed by atoms with Crippen LogP contribution in [0.25, 0.3) is 22.2 Å². The van der Waals surface area contributed by atoms with Crippen molar-refractivity contribution in [3.05, 3.63) is 116 Å². The largest absolute Gasteiger partial charge is 0.345 e. The van der Waals surface area contributed by atoms with Gasteiger partial charge in [0.25, 0.3) is 0 Å². The number of carbonyl (C=O) groups excluding carboxylic acids is 3. The number of aromatic amines is 1. The van der Waals surface area contributed by atoms with Crippen LogP contribution >= 0.6 is 34.8 Å². The highest BCUT2D eigenvalue weighted by atomic mass is 35.5. The Bertz CT molecular complexity index is 2120. The number of Topliss-reactive ketones (excluding diaryl/α,β-unsaturated/α-hetero) is 1. The van der Waals surface area contributed by atoms with Gasteiger partial charge in [-0.15, -0.1) is 0 Å². The van der Waals surface area contributed by atoms with Crippen LogP contribution in [0.3, 0.4) is 0 Å². The molecule has 2 N–H and O–H groups in total. The normalized spacial score (nSPS) is 11.5. The zero-order valence-electron chi connectivity index (χ0n) is 22.3. The second-order valence-corrected chi connectivity index (χ2v) is 12.5. The predicted octanol–water partition coefficient (Wildman–Crippen LogP) is 7.26. The molecule has 2 aromatic heterocycles. The van der Waals surface area contributed by atoms with E-state index in [4.69, 9.17) is 34.8 Å². The third kappa shape index (κ3) is 5.96. The van der Waals surface area contributed by atoms with E-state index in [2.05, 4.69) is 9.97 Å². The van der Waals surface area contributed by atoms with Crippen LogP contribution in [0.5, 0.6) is 0 Å². The summed E-state index contributed by atoms with van der Waals surface area (Å²) in [6, 6.07) is 12.6. The number of H-pyrrole nitrogens is 1. The Morgan fingerprint density at radius 1 is 0.886 bits per heavy atom. The van der Waals surface area contributed by atoms with E-state index in [9.17, 15) is 27.2 Å². The third-order valence-electron chi connectivity index (χ3n) is 6.51. The molecule has 0 atom stereocenters. The van der Waals surface area contributed by atoms with Crippen LogP contribution in [-0.4, -0.2) is 41.5 Å². The second-order valence-electron chi connectivity index (χ2n) is 9.58. The Hall–Kier alpha value is -4.16.